The molecule has 0 saturated heterocycles. The second kappa shape index (κ2) is 5.60. The molecule has 0 aliphatic heterocycles. The SMILES string of the molecule is CCOc1cc2[nH]cc([N+](=O)[O-])c(=O)c2cc1OCC. The number of rotatable bonds is 5. The Morgan fingerprint density at radius 3 is 2.35 bits per heavy atom. The van der Waals surface area contributed by atoms with E-state index in [-0.39, 0.29) is 5.39 Å². The summed E-state index contributed by atoms with van der Waals surface area (Å²) in [6.45, 7) is 4.48. The molecule has 0 unspecified atom stereocenters. The standard InChI is InChI=1S/C13H14N2O5/c1-3-19-11-5-8-9(6-12(11)20-4-2)14-7-10(13(8)16)15(17)18/h5-7H,3-4H2,1-2H3,(H,14,16). The first-order valence-electron chi connectivity index (χ1n) is 6.17. The van der Waals surface area contributed by atoms with Crippen LogP contribution in [-0.2, 0) is 0 Å². The van der Waals surface area contributed by atoms with E-state index in [0.717, 1.165) is 6.20 Å². The number of hydrogen-bond donors (Lipinski definition) is 1. The number of H-pyrrole nitrogens is 1. The third-order valence-electron chi connectivity index (χ3n) is 2.72. The van der Waals surface area contributed by atoms with E-state index in [1.165, 1.54) is 6.07 Å². The average Bonchev–Trinajstić information content (AvgIpc) is 2.40. The first-order chi connectivity index (χ1) is 9.58. The Bertz CT molecular complexity index is 708. The fraction of sp³-hybridized carbons (Fsp3) is 0.308. The number of nitrogens with one attached hydrogen (secondary N) is 1. The van der Waals surface area contributed by atoms with Crippen molar-refractivity contribution in [3.63, 3.8) is 0 Å². The minimum absolute atomic E-state index is 0.200. The van der Waals surface area contributed by atoms with Crippen molar-refractivity contribution in [3.8, 4) is 11.5 Å². The van der Waals surface area contributed by atoms with Gasteiger partial charge in [0.2, 0.25) is 0 Å². The molecule has 106 valence electrons. The maximum Gasteiger partial charge on any atom is 0.332 e. The maximum atomic E-state index is 12.0. The zero-order valence-corrected chi connectivity index (χ0v) is 11.1. The Morgan fingerprint density at radius 1 is 1.20 bits per heavy atom. The van der Waals surface area contributed by atoms with Crippen LogP contribution in [0.4, 0.5) is 5.69 Å². The number of aromatic amines is 1. The molecule has 0 fully saturated rings. The molecular weight excluding hydrogens is 264 g/mol. The molecule has 0 radical (unpaired) electrons. The Balaban J connectivity index is 2.70. The van der Waals surface area contributed by atoms with Gasteiger partial charge >= 0.3 is 5.69 Å². The molecule has 0 aliphatic carbocycles. The number of nitrogens with zero attached hydrogens (tertiary/aromatic N) is 1. The van der Waals surface area contributed by atoms with E-state index in [1.807, 2.05) is 6.92 Å². The maximum absolute atomic E-state index is 12.0. The van der Waals surface area contributed by atoms with E-state index in [1.54, 1.807) is 13.0 Å². The zero-order valence-electron chi connectivity index (χ0n) is 11.1. The van der Waals surface area contributed by atoms with E-state index in [2.05, 4.69) is 4.98 Å². The minimum atomic E-state index is -0.713. The Labute approximate surface area is 114 Å². The lowest BCUT2D eigenvalue weighted by atomic mass is 10.1. The molecular formula is C13H14N2O5. The van der Waals surface area contributed by atoms with Crippen LogP contribution in [0.15, 0.2) is 23.1 Å². The van der Waals surface area contributed by atoms with Gasteiger partial charge in [0.1, 0.15) is 0 Å². The molecule has 1 N–H and O–H groups in total. The van der Waals surface area contributed by atoms with Gasteiger partial charge in [-0.15, -0.1) is 0 Å². The highest BCUT2D eigenvalue weighted by Gasteiger charge is 2.17. The highest BCUT2D eigenvalue weighted by molar-refractivity contribution is 5.84. The smallest absolute Gasteiger partial charge is 0.332 e. The molecule has 0 amide bonds. The fourth-order valence-electron chi connectivity index (χ4n) is 1.89. The van der Waals surface area contributed by atoms with E-state index < -0.39 is 16.0 Å². The van der Waals surface area contributed by atoms with Crippen molar-refractivity contribution in [2.24, 2.45) is 0 Å². The predicted molar refractivity (Wildman–Crippen MR) is 73.6 cm³/mol. The van der Waals surface area contributed by atoms with Crippen molar-refractivity contribution in [1.82, 2.24) is 4.98 Å². The van der Waals surface area contributed by atoms with Crippen molar-refractivity contribution in [2.45, 2.75) is 13.8 Å². The number of benzene rings is 1. The van der Waals surface area contributed by atoms with Crippen LogP contribution in [-0.4, -0.2) is 23.1 Å². The van der Waals surface area contributed by atoms with E-state index in [9.17, 15) is 14.9 Å². The summed E-state index contributed by atoms with van der Waals surface area (Å²) in [6.07, 6.45) is 1.08. The van der Waals surface area contributed by atoms with Crippen molar-refractivity contribution in [1.29, 1.82) is 0 Å². The van der Waals surface area contributed by atoms with Gasteiger partial charge in [0.05, 0.1) is 35.2 Å². The summed E-state index contributed by atoms with van der Waals surface area (Å²) in [4.78, 5) is 24.8. The van der Waals surface area contributed by atoms with Crippen LogP contribution in [0.5, 0.6) is 11.5 Å². The third kappa shape index (κ3) is 2.42. The highest BCUT2D eigenvalue weighted by Crippen LogP contribution is 2.31. The first kappa shape index (κ1) is 13.9. The molecule has 0 spiro atoms. The zero-order chi connectivity index (χ0) is 14.7. The van der Waals surface area contributed by atoms with Gasteiger partial charge in [-0.25, -0.2) is 0 Å². The molecule has 0 aliphatic rings. The molecule has 0 saturated carbocycles. The number of aromatic nitrogens is 1. The summed E-state index contributed by atoms with van der Waals surface area (Å²) in [5, 5.41) is 11.0. The largest absolute Gasteiger partial charge is 0.490 e. The molecule has 1 aromatic carbocycles. The number of fused-ring (bicyclic) bond motifs is 1. The summed E-state index contributed by atoms with van der Waals surface area (Å²) >= 11 is 0. The second-order valence-electron chi connectivity index (χ2n) is 3.97. The normalized spacial score (nSPS) is 10.5. The topological polar surface area (TPSA) is 94.5 Å². The van der Waals surface area contributed by atoms with Crippen LogP contribution < -0.4 is 14.9 Å². The lowest BCUT2D eigenvalue weighted by Crippen LogP contribution is -2.10. The molecule has 2 rings (SSSR count). The lowest BCUT2D eigenvalue weighted by molar-refractivity contribution is -0.386. The molecule has 20 heavy (non-hydrogen) atoms. The van der Waals surface area contributed by atoms with Gasteiger partial charge in [0.25, 0.3) is 5.43 Å². The van der Waals surface area contributed by atoms with Crippen LogP contribution in [0.25, 0.3) is 10.9 Å². The number of nitro groups is 1. The minimum Gasteiger partial charge on any atom is -0.490 e. The van der Waals surface area contributed by atoms with Crippen LogP contribution in [0.2, 0.25) is 0 Å². The van der Waals surface area contributed by atoms with E-state index in [0.29, 0.717) is 30.2 Å². The Morgan fingerprint density at radius 2 is 1.80 bits per heavy atom. The third-order valence-corrected chi connectivity index (χ3v) is 2.72. The highest BCUT2D eigenvalue weighted by atomic mass is 16.6. The molecule has 2 aromatic rings. The summed E-state index contributed by atoms with van der Waals surface area (Å²) in [7, 11) is 0. The van der Waals surface area contributed by atoms with Gasteiger partial charge in [-0.3, -0.25) is 14.9 Å². The Hall–Kier alpha value is -2.57. The second-order valence-corrected chi connectivity index (χ2v) is 3.97. The molecule has 1 aromatic heterocycles. The molecule has 0 atom stereocenters. The van der Waals surface area contributed by atoms with Crippen molar-refractivity contribution in [2.75, 3.05) is 13.2 Å². The number of ether oxygens (including phenoxy) is 2. The van der Waals surface area contributed by atoms with Gasteiger partial charge in [0.15, 0.2) is 11.5 Å². The van der Waals surface area contributed by atoms with E-state index >= 15 is 0 Å². The molecule has 0 bridgehead atoms. The molecule has 7 heteroatoms. The quantitative estimate of drug-likeness (QED) is 0.668. The summed E-state index contributed by atoms with van der Waals surface area (Å²) in [6, 6.07) is 3.07. The molecule has 1 heterocycles. The Kier molecular flexibility index (Phi) is 3.88. The van der Waals surface area contributed by atoms with Crippen molar-refractivity contribution in [3.05, 3.63) is 38.7 Å². The van der Waals surface area contributed by atoms with Crippen LogP contribution in [0, 0.1) is 10.1 Å². The van der Waals surface area contributed by atoms with E-state index in [4.69, 9.17) is 9.47 Å². The van der Waals surface area contributed by atoms with Crippen LogP contribution in [0.1, 0.15) is 13.8 Å². The van der Waals surface area contributed by atoms with Gasteiger partial charge in [-0.2, -0.15) is 0 Å². The van der Waals surface area contributed by atoms with Gasteiger partial charge in [0, 0.05) is 6.07 Å². The fourth-order valence-corrected chi connectivity index (χ4v) is 1.89. The van der Waals surface area contributed by atoms with Crippen LogP contribution >= 0.6 is 0 Å². The summed E-state index contributed by atoms with van der Waals surface area (Å²) in [5.41, 5.74) is -0.677. The first-order valence-corrected chi connectivity index (χ1v) is 6.17. The number of pyridine rings is 1. The average molecular weight is 278 g/mol. The van der Waals surface area contributed by atoms with Crippen LogP contribution in [0.3, 0.4) is 0 Å². The van der Waals surface area contributed by atoms with Gasteiger partial charge in [-0.1, -0.05) is 0 Å². The van der Waals surface area contributed by atoms with Gasteiger partial charge in [-0.05, 0) is 19.9 Å². The lowest BCUT2D eigenvalue weighted by Gasteiger charge is -2.11. The van der Waals surface area contributed by atoms with Gasteiger partial charge < -0.3 is 14.5 Å². The summed E-state index contributed by atoms with van der Waals surface area (Å²) < 4.78 is 10.8. The predicted octanol–water partition coefficient (Wildman–Crippen LogP) is 2.23. The number of hydrogen-bond acceptors (Lipinski definition) is 5. The monoisotopic (exact) mass is 278 g/mol. The van der Waals surface area contributed by atoms with Crippen molar-refractivity contribution >= 4 is 16.6 Å². The molecule has 7 nitrogen and oxygen atoms in total. The van der Waals surface area contributed by atoms with Crippen molar-refractivity contribution < 1.29 is 14.4 Å². The summed E-state index contributed by atoms with van der Waals surface area (Å²) in [5.74, 6) is 0.888.